The number of hydrogen-bond acceptors (Lipinski definition) is 4. The summed E-state index contributed by atoms with van der Waals surface area (Å²) in [5.74, 6) is -0.189. The molecule has 3 aromatic heterocycles. The second-order valence-corrected chi connectivity index (χ2v) is 6.38. The van der Waals surface area contributed by atoms with Crippen molar-refractivity contribution < 1.29 is 4.39 Å². The Morgan fingerprint density at radius 1 is 1.19 bits per heavy atom. The van der Waals surface area contributed by atoms with Gasteiger partial charge >= 0.3 is 0 Å². The molecule has 0 unspecified atom stereocenters. The highest BCUT2D eigenvalue weighted by Gasteiger charge is 2.15. The van der Waals surface area contributed by atoms with Crippen molar-refractivity contribution in [3.05, 3.63) is 69.9 Å². The third-order valence-electron chi connectivity index (χ3n) is 3.93. The van der Waals surface area contributed by atoms with Gasteiger partial charge in [-0.15, -0.1) is 0 Å². The predicted molar refractivity (Wildman–Crippen MR) is 96.5 cm³/mol. The van der Waals surface area contributed by atoms with Crippen LogP contribution in [0.1, 0.15) is 5.56 Å². The lowest BCUT2D eigenvalue weighted by atomic mass is 10.2. The summed E-state index contributed by atoms with van der Waals surface area (Å²) in [4.78, 5) is 15.4. The zero-order chi connectivity index (χ0) is 18.3. The molecular formula is C17H11Cl2FN6. The fraction of sp³-hybridized carbons (Fsp3) is 0.0588. The van der Waals surface area contributed by atoms with Crippen molar-refractivity contribution in [2.45, 2.75) is 6.54 Å². The van der Waals surface area contributed by atoms with Gasteiger partial charge in [0.2, 0.25) is 0 Å². The van der Waals surface area contributed by atoms with E-state index in [1.54, 1.807) is 22.8 Å². The van der Waals surface area contributed by atoms with Gasteiger partial charge in [-0.1, -0.05) is 29.3 Å². The van der Waals surface area contributed by atoms with Crippen molar-refractivity contribution in [3.8, 4) is 11.4 Å². The van der Waals surface area contributed by atoms with Crippen molar-refractivity contribution in [3.63, 3.8) is 0 Å². The Balaban J connectivity index is 1.88. The minimum absolute atomic E-state index is 0.00422. The number of hydrogen-bond donors (Lipinski definition) is 2. The van der Waals surface area contributed by atoms with Crippen LogP contribution in [-0.4, -0.2) is 24.5 Å². The molecule has 0 aliphatic heterocycles. The fourth-order valence-corrected chi connectivity index (χ4v) is 3.15. The van der Waals surface area contributed by atoms with Crippen LogP contribution in [0.2, 0.25) is 10.0 Å². The molecule has 0 aliphatic carbocycles. The SMILES string of the molecule is N=c1ncn(Cc2c(Cl)cccc2Cl)c2nc(-c3cnccc3F)[nH]c12. The van der Waals surface area contributed by atoms with Gasteiger partial charge in [0.1, 0.15) is 17.2 Å². The van der Waals surface area contributed by atoms with Crippen molar-refractivity contribution >= 4 is 34.4 Å². The summed E-state index contributed by atoms with van der Waals surface area (Å²) in [6.45, 7) is 0.308. The molecule has 26 heavy (non-hydrogen) atoms. The van der Waals surface area contributed by atoms with Crippen molar-refractivity contribution in [2.24, 2.45) is 0 Å². The first-order valence-corrected chi connectivity index (χ1v) is 8.32. The van der Waals surface area contributed by atoms with E-state index in [-0.39, 0.29) is 16.9 Å². The van der Waals surface area contributed by atoms with E-state index in [0.717, 1.165) is 0 Å². The highest BCUT2D eigenvalue weighted by molar-refractivity contribution is 6.36. The average molecular weight is 389 g/mol. The third kappa shape index (κ3) is 2.85. The number of imidazole rings is 1. The number of halogens is 3. The molecule has 4 rings (SSSR count). The number of nitrogens with one attached hydrogen (secondary N) is 2. The maximum absolute atomic E-state index is 14.1. The van der Waals surface area contributed by atoms with Crippen LogP contribution in [0, 0.1) is 11.2 Å². The molecule has 0 saturated carbocycles. The molecule has 3 heterocycles. The Bertz CT molecular complexity index is 1160. The zero-order valence-corrected chi connectivity index (χ0v) is 14.7. The molecule has 4 aromatic rings. The smallest absolute Gasteiger partial charge is 0.173 e. The molecule has 0 amide bonds. The van der Waals surface area contributed by atoms with Gasteiger partial charge in [0.25, 0.3) is 0 Å². The van der Waals surface area contributed by atoms with Crippen LogP contribution in [-0.2, 0) is 6.54 Å². The number of rotatable bonds is 3. The number of pyridine rings is 1. The topological polar surface area (TPSA) is 83.2 Å². The second kappa shape index (κ2) is 6.51. The summed E-state index contributed by atoms with van der Waals surface area (Å²) in [6.07, 6.45) is 4.21. The first kappa shape index (κ1) is 16.7. The van der Waals surface area contributed by atoms with Gasteiger partial charge < -0.3 is 9.55 Å². The standard InChI is InChI=1S/C17H11Cl2FN6/c18-11-2-1-3-12(19)10(11)7-26-8-23-15(21)14-17(26)25-16(24-14)9-6-22-5-4-13(9)20/h1-6,8,21H,7H2,(H,24,25). The van der Waals surface area contributed by atoms with E-state index in [9.17, 15) is 4.39 Å². The number of aromatic amines is 1. The second-order valence-electron chi connectivity index (χ2n) is 5.56. The molecule has 0 saturated heterocycles. The Hall–Kier alpha value is -2.77. The molecule has 1 aromatic carbocycles. The van der Waals surface area contributed by atoms with Gasteiger partial charge in [-0.2, -0.15) is 0 Å². The maximum Gasteiger partial charge on any atom is 0.173 e. The molecule has 0 radical (unpaired) electrons. The fourth-order valence-electron chi connectivity index (χ4n) is 2.63. The van der Waals surface area contributed by atoms with Crippen LogP contribution in [0.5, 0.6) is 0 Å². The van der Waals surface area contributed by atoms with E-state index in [2.05, 4.69) is 19.9 Å². The Morgan fingerprint density at radius 2 is 1.96 bits per heavy atom. The molecule has 0 atom stereocenters. The minimum Gasteiger partial charge on any atom is -0.333 e. The van der Waals surface area contributed by atoms with E-state index in [4.69, 9.17) is 28.6 Å². The van der Waals surface area contributed by atoms with E-state index in [1.165, 1.54) is 24.8 Å². The molecule has 0 bridgehead atoms. The summed E-state index contributed by atoms with van der Waals surface area (Å²) in [7, 11) is 0. The van der Waals surface area contributed by atoms with E-state index in [0.29, 0.717) is 33.3 Å². The van der Waals surface area contributed by atoms with Crippen LogP contribution in [0.15, 0.2) is 43.0 Å². The van der Waals surface area contributed by atoms with Gasteiger partial charge in [-0.3, -0.25) is 10.4 Å². The number of aromatic nitrogens is 5. The number of fused-ring (bicyclic) bond motifs is 1. The highest BCUT2D eigenvalue weighted by Crippen LogP contribution is 2.26. The maximum atomic E-state index is 14.1. The quantitative estimate of drug-likeness (QED) is 0.559. The summed E-state index contributed by atoms with van der Waals surface area (Å²) in [5, 5.41) is 9.03. The molecule has 2 N–H and O–H groups in total. The van der Waals surface area contributed by atoms with Crippen molar-refractivity contribution in [1.29, 1.82) is 5.41 Å². The van der Waals surface area contributed by atoms with E-state index >= 15 is 0 Å². The monoisotopic (exact) mass is 388 g/mol. The third-order valence-corrected chi connectivity index (χ3v) is 4.64. The van der Waals surface area contributed by atoms with Gasteiger partial charge in [0, 0.05) is 28.0 Å². The molecule has 6 nitrogen and oxygen atoms in total. The lowest BCUT2D eigenvalue weighted by Gasteiger charge is -2.10. The normalized spacial score (nSPS) is 11.2. The van der Waals surface area contributed by atoms with Crippen molar-refractivity contribution in [1.82, 2.24) is 24.5 Å². The van der Waals surface area contributed by atoms with E-state index in [1.807, 2.05) is 0 Å². The summed E-state index contributed by atoms with van der Waals surface area (Å²) in [6, 6.07) is 6.50. The molecular weight excluding hydrogens is 378 g/mol. The lowest BCUT2D eigenvalue weighted by molar-refractivity contribution is 0.628. The first-order valence-electron chi connectivity index (χ1n) is 7.57. The summed E-state index contributed by atoms with van der Waals surface area (Å²) in [5.41, 5.74) is 1.75. The Kier molecular flexibility index (Phi) is 4.18. The van der Waals surface area contributed by atoms with Crippen LogP contribution in [0.3, 0.4) is 0 Å². The zero-order valence-electron chi connectivity index (χ0n) is 13.2. The number of benzene rings is 1. The largest absolute Gasteiger partial charge is 0.333 e. The Morgan fingerprint density at radius 3 is 2.69 bits per heavy atom. The lowest BCUT2D eigenvalue weighted by Crippen LogP contribution is -2.13. The minimum atomic E-state index is -0.459. The van der Waals surface area contributed by atoms with Gasteiger partial charge in [-0.05, 0) is 18.2 Å². The molecule has 9 heteroatoms. The summed E-state index contributed by atoms with van der Waals surface area (Å²) < 4.78 is 15.8. The summed E-state index contributed by atoms with van der Waals surface area (Å²) >= 11 is 12.5. The number of H-pyrrole nitrogens is 1. The molecule has 0 fully saturated rings. The predicted octanol–water partition coefficient (Wildman–Crippen LogP) is 3.80. The molecule has 0 aliphatic rings. The Labute approximate surface area is 156 Å². The van der Waals surface area contributed by atoms with Crippen LogP contribution < -0.4 is 5.49 Å². The van der Waals surface area contributed by atoms with Gasteiger partial charge in [0.05, 0.1) is 18.4 Å². The molecule has 0 spiro atoms. The van der Waals surface area contributed by atoms with Gasteiger partial charge in [0.15, 0.2) is 11.1 Å². The number of nitrogens with zero attached hydrogens (tertiary/aromatic N) is 4. The van der Waals surface area contributed by atoms with Crippen LogP contribution >= 0.6 is 23.2 Å². The average Bonchev–Trinajstić information content (AvgIpc) is 3.07. The highest BCUT2D eigenvalue weighted by atomic mass is 35.5. The van der Waals surface area contributed by atoms with Crippen LogP contribution in [0.4, 0.5) is 4.39 Å². The van der Waals surface area contributed by atoms with Crippen LogP contribution in [0.25, 0.3) is 22.6 Å². The van der Waals surface area contributed by atoms with Gasteiger partial charge in [-0.25, -0.2) is 14.4 Å². The first-order chi connectivity index (χ1) is 12.5. The molecule has 130 valence electrons. The van der Waals surface area contributed by atoms with Crippen molar-refractivity contribution in [2.75, 3.05) is 0 Å². The van der Waals surface area contributed by atoms with E-state index < -0.39 is 5.82 Å².